The molecular weight excluding hydrogens is 408 g/mol. The average Bonchev–Trinajstić information content (AvgIpc) is 2.85. The normalized spacial score (nSPS) is 19.8. The lowest BCUT2D eigenvalue weighted by molar-refractivity contribution is -0.137. The molecule has 1 aromatic rings. The molecule has 1 aliphatic heterocycles. The Bertz CT molecular complexity index is 502. The number of hydrogen-bond donors (Lipinski definition) is 2. The van der Waals surface area contributed by atoms with Gasteiger partial charge in [0.1, 0.15) is 0 Å². The third kappa shape index (κ3) is 5.31. The number of alkyl halides is 3. The Hall–Kier alpha value is -1.03. The van der Waals surface area contributed by atoms with E-state index in [1.807, 2.05) is 0 Å². The van der Waals surface area contributed by atoms with Crippen molar-refractivity contribution in [1.29, 1.82) is 0 Å². The molecule has 0 aliphatic carbocycles. The van der Waals surface area contributed by atoms with Gasteiger partial charge in [-0.15, -0.1) is 24.0 Å². The van der Waals surface area contributed by atoms with Crippen molar-refractivity contribution in [2.24, 2.45) is 10.7 Å². The molecule has 0 spiro atoms. The highest BCUT2D eigenvalue weighted by Crippen LogP contribution is 2.29. The standard InChI is InChI=1S/C14H19F3N4.HI/c1-19-13(18)20-12-6-7-21(9-12)8-10-2-4-11(5-3-10)14(15,16)17;/h2-5,12H,6-9H2,1H3,(H3,18,19,20);1H. The van der Waals surface area contributed by atoms with Gasteiger partial charge in [0.05, 0.1) is 5.56 Å². The quantitative estimate of drug-likeness (QED) is 0.442. The topological polar surface area (TPSA) is 53.6 Å². The van der Waals surface area contributed by atoms with Gasteiger partial charge in [0.2, 0.25) is 0 Å². The Balaban J connectivity index is 0.00000242. The van der Waals surface area contributed by atoms with Gasteiger partial charge in [0, 0.05) is 32.7 Å². The maximum absolute atomic E-state index is 12.5. The average molecular weight is 428 g/mol. The van der Waals surface area contributed by atoms with Gasteiger partial charge in [-0.25, -0.2) is 0 Å². The van der Waals surface area contributed by atoms with E-state index in [1.54, 1.807) is 7.05 Å². The summed E-state index contributed by atoms with van der Waals surface area (Å²) in [7, 11) is 1.62. The van der Waals surface area contributed by atoms with Crippen LogP contribution < -0.4 is 11.1 Å². The van der Waals surface area contributed by atoms with Crippen molar-refractivity contribution >= 4 is 29.9 Å². The summed E-state index contributed by atoms with van der Waals surface area (Å²) in [5, 5.41) is 3.11. The van der Waals surface area contributed by atoms with Gasteiger partial charge in [-0.2, -0.15) is 13.2 Å². The number of hydrogen-bond acceptors (Lipinski definition) is 2. The minimum absolute atomic E-state index is 0. The Morgan fingerprint density at radius 3 is 2.55 bits per heavy atom. The number of halogens is 4. The van der Waals surface area contributed by atoms with Gasteiger partial charge in [0.25, 0.3) is 0 Å². The minimum atomic E-state index is -4.28. The summed E-state index contributed by atoms with van der Waals surface area (Å²) < 4.78 is 37.5. The highest BCUT2D eigenvalue weighted by molar-refractivity contribution is 14.0. The largest absolute Gasteiger partial charge is 0.416 e. The van der Waals surface area contributed by atoms with Crippen LogP contribution in [0.25, 0.3) is 0 Å². The monoisotopic (exact) mass is 428 g/mol. The van der Waals surface area contributed by atoms with Gasteiger partial charge >= 0.3 is 6.18 Å². The van der Waals surface area contributed by atoms with Crippen molar-refractivity contribution in [2.45, 2.75) is 25.2 Å². The third-order valence-corrected chi connectivity index (χ3v) is 3.55. The predicted molar refractivity (Wildman–Crippen MR) is 91.2 cm³/mol. The fourth-order valence-corrected chi connectivity index (χ4v) is 2.43. The first kappa shape index (κ1) is 19.0. The maximum atomic E-state index is 12.5. The molecule has 2 rings (SSSR count). The number of nitrogens with one attached hydrogen (secondary N) is 1. The number of benzene rings is 1. The summed E-state index contributed by atoms with van der Waals surface area (Å²) in [6.45, 7) is 2.33. The van der Waals surface area contributed by atoms with E-state index < -0.39 is 11.7 Å². The molecule has 1 heterocycles. The molecule has 1 atom stereocenters. The maximum Gasteiger partial charge on any atom is 0.416 e. The van der Waals surface area contributed by atoms with Crippen molar-refractivity contribution < 1.29 is 13.2 Å². The van der Waals surface area contributed by atoms with Crippen LogP contribution in [0.1, 0.15) is 17.5 Å². The molecule has 0 amide bonds. The fraction of sp³-hybridized carbons (Fsp3) is 0.500. The molecule has 1 fully saturated rings. The second kappa shape index (κ2) is 8.00. The van der Waals surface area contributed by atoms with Crippen LogP contribution in [0.5, 0.6) is 0 Å². The first-order chi connectivity index (χ1) is 9.88. The zero-order valence-corrected chi connectivity index (χ0v) is 14.6. The molecule has 124 valence electrons. The lowest BCUT2D eigenvalue weighted by atomic mass is 10.1. The van der Waals surface area contributed by atoms with Crippen LogP contribution in [0.3, 0.4) is 0 Å². The lowest BCUT2D eigenvalue weighted by Crippen LogP contribution is -2.41. The molecule has 1 unspecified atom stereocenters. The molecule has 0 radical (unpaired) electrons. The van der Waals surface area contributed by atoms with Gasteiger partial charge < -0.3 is 11.1 Å². The molecule has 0 saturated carbocycles. The number of guanidine groups is 1. The molecular formula is C14H20F3IN4. The number of likely N-dealkylation sites (tertiary alicyclic amines) is 1. The highest BCUT2D eigenvalue weighted by atomic mass is 127. The van der Waals surface area contributed by atoms with Gasteiger partial charge in [-0.3, -0.25) is 9.89 Å². The van der Waals surface area contributed by atoms with Crippen LogP contribution in [0, 0.1) is 0 Å². The van der Waals surface area contributed by atoms with Crippen molar-refractivity contribution in [2.75, 3.05) is 20.1 Å². The van der Waals surface area contributed by atoms with Crippen molar-refractivity contribution in [3.63, 3.8) is 0 Å². The summed E-state index contributed by atoms with van der Waals surface area (Å²) >= 11 is 0. The molecule has 22 heavy (non-hydrogen) atoms. The first-order valence-electron chi connectivity index (χ1n) is 6.76. The van der Waals surface area contributed by atoms with Gasteiger partial charge in [0.15, 0.2) is 5.96 Å². The summed E-state index contributed by atoms with van der Waals surface area (Å²) in [5.41, 5.74) is 5.89. The Labute approximate surface area is 145 Å². The predicted octanol–water partition coefficient (Wildman–Crippen LogP) is 2.43. The van der Waals surface area contributed by atoms with E-state index >= 15 is 0 Å². The van der Waals surface area contributed by atoms with Gasteiger partial charge in [-0.1, -0.05) is 12.1 Å². The molecule has 1 aliphatic rings. The van der Waals surface area contributed by atoms with E-state index in [1.165, 1.54) is 12.1 Å². The molecule has 0 bridgehead atoms. The van der Waals surface area contributed by atoms with E-state index in [-0.39, 0.29) is 30.0 Å². The Kier molecular flexibility index (Phi) is 6.92. The van der Waals surface area contributed by atoms with Crippen LogP contribution in [0.15, 0.2) is 29.3 Å². The van der Waals surface area contributed by atoms with Crippen LogP contribution in [-0.2, 0) is 12.7 Å². The van der Waals surface area contributed by atoms with Crippen molar-refractivity contribution in [1.82, 2.24) is 10.2 Å². The molecule has 8 heteroatoms. The van der Waals surface area contributed by atoms with Crippen LogP contribution in [0.4, 0.5) is 13.2 Å². The minimum Gasteiger partial charge on any atom is -0.370 e. The van der Waals surface area contributed by atoms with Crippen molar-refractivity contribution in [3.05, 3.63) is 35.4 Å². The molecule has 0 aromatic heterocycles. The lowest BCUT2D eigenvalue weighted by Gasteiger charge is -2.17. The van der Waals surface area contributed by atoms with Crippen LogP contribution >= 0.6 is 24.0 Å². The Morgan fingerprint density at radius 1 is 1.36 bits per heavy atom. The fourth-order valence-electron chi connectivity index (χ4n) is 2.43. The molecule has 1 aromatic carbocycles. The zero-order chi connectivity index (χ0) is 15.5. The highest BCUT2D eigenvalue weighted by Gasteiger charge is 2.30. The van der Waals surface area contributed by atoms with E-state index in [0.29, 0.717) is 12.5 Å². The zero-order valence-electron chi connectivity index (χ0n) is 12.2. The van der Waals surface area contributed by atoms with Gasteiger partial charge in [-0.05, 0) is 24.1 Å². The second-order valence-electron chi connectivity index (χ2n) is 5.17. The smallest absolute Gasteiger partial charge is 0.370 e. The third-order valence-electron chi connectivity index (χ3n) is 3.55. The summed E-state index contributed by atoms with van der Waals surface area (Å²) in [4.78, 5) is 6.04. The van der Waals surface area contributed by atoms with E-state index in [2.05, 4.69) is 15.2 Å². The van der Waals surface area contributed by atoms with Crippen LogP contribution in [0.2, 0.25) is 0 Å². The van der Waals surface area contributed by atoms with Crippen LogP contribution in [-0.4, -0.2) is 37.0 Å². The number of aliphatic imine (C=N–C) groups is 1. The van der Waals surface area contributed by atoms with E-state index in [4.69, 9.17) is 5.73 Å². The van der Waals surface area contributed by atoms with Crippen molar-refractivity contribution in [3.8, 4) is 0 Å². The number of nitrogens with two attached hydrogens (primary N) is 1. The summed E-state index contributed by atoms with van der Waals surface area (Å²) in [6, 6.07) is 5.56. The van der Waals surface area contributed by atoms with E-state index in [9.17, 15) is 13.2 Å². The second-order valence-corrected chi connectivity index (χ2v) is 5.17. The summed E-state index contributed by atoms with van der Waals surface area (Å²) in [6.07, 6.45) is -3.34. The number of rotatable bonds is 3. The SMILES string of the molecule is CN=C(N)NC1CCN(Cc2ccc(C(F)(F)F)cc2)C1.I. The molecule has 1 saturated heterocycles. The van der Waals surface area contributed by atoms with E-state index in [0.717, 1.165) is 37.2 Å². The number of nitrogens with zero attached hydrogens (tertiary/aromatic N) is 2. The first-order valence-corrected chi connectivity index (χ1v) is 6.76. The molecule has 4 nitrogen and oxygen atoms in total. The Morgan fingerprint density at radius 2 is 2.00 bits per heavy atom. The summed E-state index contributed by atoms with van der Waals surface area (Å²) in [5.74, 6) is 0.413. The molecule has 3 N–H and O–H groups in total.